The Morgan fingerprint density at radius 2 is 1.78 bits per heavy atom. The second kappa shape index (κ2) is 12.6. The number of piperazine rings is 1. The van der Waals surface area contributed by atoms with Crippen LogP contribution in [0.2, 0.25) is 0 Å². The number of urea groups is 1. The first-order chi connectivity index (χ1) is 19.5. The molecule has 2 atom stereocenters. The second-order valence-corrected chi connectivity index (χ2v) is 9.93. The Hall–Kier alpha value is -4.12. The molecule has 2 unspecified atom stereocenters. The molecule has 2 aromatic carbocycles. The molecule has 3 amide bonds. The summed E-state index contributed by atoms with van der Waals surface area (Å²) in [6, 6.07) is 11.7. The Kier molecular flexibility index (Phi) is 9.17. The number of nitrogens with one attached hydrogen (secondary N) is 1. The summed E-state index contributed by atoms with van der Waals surface area (Å²) in [6.45, 7) is 9.08. The Labute approximate surface area is 237 Å². The standard InChI is InChI=1S/C30H33F3N4O4/c1-4-15-37-24(19-35-16-17-36(20(3)18-35)27(38)22-9-7-6-8-10-22)25(28(39)41-5-2)26(34-29(37)40)21-11-13-23(14-12-21)30(31,32)33/h4,6-14,20,26H,1,5,15-19H2,2-3H3,(H,34,40). The number of hydrogen-bond donors (Lipinski definition) is 1. The molecule has 0 saturated carbocycles. The Morgan fingerprint density at radius 1 is 1.10 bits per heavy atom. The lowest BCUT2D eigenvalue weighted by Gasteiger charge is -2.43. The molecule has 0 aliphatic carbocycles. The van der Waals surface area contributed by atoms with Gasteiger partial charge in [-0.05, 0) is 43.7 Å². The van der Waals surface area contributed by atoms with Gasteiger partial charge in [0.15, 0.2) is 0 Å². The molecular weight excluding hydrogens is 537 g/mol. The van der Waals surface area contributed by atoms with E-state index in [9.17, 15) is 27.6 Å². The van der Waals surface area contributed by atoms with E-state index < -0.39 is 29.8 Å². The normalized spacial score (nSPS) is 20.1. The second-order valence-electron chi connectivity index (χ2n) is 9.93. The van der Waals surface area contributed by atoms with Crippen molar-refractivity contribution in [2.75, 3.05) is 39.3 Å². The fourth-order valence-electron chi connectivity index (χ4n) is 5.20. The molecule has 0 aromatic heterocycles. The summed E-state index contributed by atoms with van der Waals surface area (Å²) >= 11 is 0. The average molecular weight is 571 g/mol. The van der Waals surface area contributed by atoms with E-state index in [2.05, 4.69) is 11.9 Å². The van der Waals surface area contributed by atoms with E-state index in [-0.39, 0.29) is 37.2 Å². The number of hydrogen-bond acceptors (Lipinski definition) is 5. The molecule has 8 nitrogen and oxygen atoms in total. The highest BCUT2D eigenvalue weighted by atomic mass is 19.4. The highest BCUT2D eigenvalue weighted by Gasteiger charge is 2.40. The number of carbonyl (C=O) groups excluding carboxylic acids is 3. The van der Waals surface area contributed by atoms with Gasteiger partial charge in [-0.3, -0.25) is 14.6 Å². The molecule has 0 bridgehead atoms. The summed E-state index contributed by atoms with van der Waals surface area (Å²) in [4.78, 5) is 44.9. The van der Waals surface area contributed by atoms with E-state index >= 15 is 0 Å². The summed E-state index contributed by atoms with van der Waals surface area (Å²) in [5.41, 5.74) is 0.600. The molecule has 2 aromatic rings. The van der Waals surface area contributed by atoms with Crippen LogP contribution >= 0.6 is 0 Å². The Bertz CT molecular complexity index is 1310. The van der Waals surface area contributed by atoms with Crippen LogP contribution in [0.4, 0.5) is 18.0 Å². The van der Waals surface area contributed by atoms with Gasteiger partial charge in [0, 0.05) is 50.0 Å². The summed E-state index contributed by atoms with van der Waals surface area (Å²) < 4.78 is 44.9. The number of benzene rings is 2. The number of rotatable bonds is 8. The molecule has 4 rings (SSSR count). The van der Waals surface area contributed by atoms with Crippen molar-refractivity contribution in [1.82, 2.24) is 20.0 Å². The minimum Gasteiger partial charge on any atom is -0.463 e. The van der Waals surface area contributed by atoms with Crippen molar-refractivity contribution in [2.24, 2.45) is 0 Å². The number of ether oxygens (including phenoxy) is 1. The first-order valence-corrected chi connectivity index (χ1v) is 13.4. The molecule has 2 heterocycles. The van der Waals surface area contributed by atoms with Gasteiger partial charge in [-0.1, -0.05) is 36.4 Å². The van der Waals surface area contributed by atoms with Crippen LogP contribution < -0.4 is 5.32 Å². The lowest BCUT2D eigenvalue weighted by atomic mass is 9.93. The van der Waals surface area contributed by atoms with E-state index in [0.29, 0.717) is 36.5 Å². The third kappa shape index (κ3) is 6.62. The first-order valence-electron chi connectivity index (χ1n) is 13.4. The molecule has 1 saturated heterocycles. The zero-order valence-electron chi connectivity index (χ0n) is 23.0. The summed E-state index contributed by atoms with van der Waals surface area (Å²) in [6.07, 6.45) is -3.00. The topological polar surface area (TPSA) is 82.2 Å². The number of carbonyl (C=O) groups is 3. The van der Waals surface area contributed by atoms with Gasteiger partial charge >= 0.3 is 18.2 Å². The number of alkyl halides is 3. The molecular formula is C30H33F3N4O4. The quantitative estimate of drug-likeness (QED) is 0.370. The minimum absolute atomic E-state index is 0.0715. The van der Waals surface area contributed by atoms with Crippen molar-refractivity contribution in [3.63, 3.8) is 0 Å². The van der Waals surface area contributed by atoms with Gasteiger partial charge in [-0.15, -0.1) is 6.58 Å². The van der Waals surface area contributed by atoms with Crippen molar-refractivity contribution >= 4 is 17.9 Å². The number of amides is 3. The molecule has 0 spiro atoms. The van der Waals surface area contributed by atoms with Gasteiger partial charge in [0.05, 0.1) is 23.8 Å². The fourth-order valence-corrected chi connectivity index (χ4v) is 5.20. The van der Waals surface area contributed by atoms with Crippen LogP contribution in [0.1, 0.15) is 41.4 Å². The average Bonchev–Trinajstić information content (AvgIpc) is 2.94. The highest BCUT2D eigenvalue weighted by Crippen LogP contribution is 2.35. The van der Waals surface area contributed by atoms with Crippen LogP contribution in [-0.2, 0) is 15.7 Å². The van der Waals surface area contributed by atoms with Crippen molar-refractivity contribution in [3.8, 4) is 0 Å². The minimum atomic E-state index is -4.53. The van der Waals surface area contributed by atoms with Crippen molar-refractivity contribution in [3.05, 3.63) is 95.2 Å². The SMILES string of the molecule is C=CCN1C(=O)NC(c2ccc(C(F)(F)F)cc2)C(C(=O)OCC)=C1CN1CCN(C(=O)c2ccccc2)C(C)C1. The zero-order valence-corrected chi connectivity index (χ0v) is 23.0. The molecule has 2 aliphatic rings. The lowest BCUT2D eigenvalue weighted by Crippen LogP contribution is -2.56. The van der Waals surface area contributed by atoms with E-state index in [0.717, 1.165) is 12.1 Å². The van der Waals surface area contributed by atoms with Gasteiger partial charge in [-0.2, -0.15) is 13.2 Å². The van der Waals surface area contributed by atoms with Crippen LogP contribution in [-0.4, -0.2) is 78.0 Å². The molecule has 218 valence electrons. The van der Waals surface area contributed by atoms with Crippen LogP contribution in [0.15, 0.2) is 78.5 Å². The zero-order chi connectivity index (χ0) is 29.7. The molecule has 1 N–H and O–H groups in total. The van der Waals surface area contributed by atoms with Gasteiger partial charge in [0.25, 0.3) is 5.91 Å². The van der Waals surface area contributed by atoms with Gasteiger partial charge in [-0.25, -0.2) is 9.59 Å². The smallest absolute Gasteiger partial charge is 0.416 e. The summed E-state index contributed by atoms with van der Waals surface area (Å²) in [5.74, 6) is -0.746. The number of nitrogens with zero attached hydrogens (tertiary/aromatic N) is 3. The maximum Gasteiger partial charge on any atom is 0.416 e. The fraction of sp³-hybridized carbons (Fsp3) is 0.367. The monoisotopic (exact) mass is 570 g/mol. The number of esters is 1. The van der Waals surface area contributed by atoms with E-state index in [1.54, 1.807) is 24.0 Å². The predicted octanol–water partition coefficient (Wildman–Crippen LogP) is 4.62. The van der Waals surface area contributed by atoms with Gasteiger partial charge in [0.1, 0.15) is 0 Å². The van der Waals surface area contributed by atoms with E-state index in [4.69, 9.17) is 4.74 Å². The highest BCUT2D eigenvalue weighted by molar-refractivity contribution is 5.95. The molecule has 2 aliphatic heterocycles. The van der Waals surface area contributed by atoms with E-state index in [1.165, 1.54) is 23.1 Å². The Morgan fingerprint density at radius 3 is 2.37 bits per heavy atom. The van der Waals surface area contributed by atoms with Gasteiger partial charge in [0.2, 0.25) is 0 Å². The molecule has 1 fully saturated rings. The molecule has 11 heteroatoms. The van der Waals surface area contributed by atoms with Crippen LogP contribution in [0.3, 0.4) is 0 Å². The maximum atomic E-state index is 13.3. The van der Waals surface area contributed by atoms with E-state index in [1.807, 2.05) is 30.0 Å². The lowest BCUT2D eigenvalue weighted by molar-refractivity contribution is -0.139. The van der Waals surface area contributed by atoms with Crippen molar-refractivity contribution in [1.29, 1.82) is 0 Å². The maximum absolute atomic E-state index is 13.3. The van der Waals surface area contributed by atoms with Crippen molar-refractivity contribution < 1.29 is 32.3 Å². The predicted molar refractivity (Wildman–Crippen MR) is 147 cm³/mol. The van der Waals surface area contributed by atoms with Gasteiger partial charge < -0.3 is 15.0 Å². The third-order valence-electron chi connectivity index (χ3n) is 7.18. The summed E-state index contributed by atoms with van der Waals surface area (Å²) in [7, 11) is 0. The Balaban J connectivity index is 1.67. The van der Waals surface area contributed by atoms with Crippen LogP contribution in [0.5, 0.6) is 0 Å². The molecule has 41 heavy (non-hydrogen) atoms. The summed E-state index contributed by atoms with van der Waals surface area (Å²) in [5, 5.41) is 2.76. The largest absolute Gasteiger partial charge is 0.463 e. The van der Waals surface area contributed by atoms with Crippen LogP contribution in [0, 0.1) is 0 Å². The molecule has 0 radical (unpaired) electrons. The van der Waals surface area contributed by atoms with Crippen molar-refractivity contribution in [2.45, 2.75) is 32.1 Å². The third-order valence-corrected chi connectivity index (χ3v) is 7.18. The van der Waals surface area contributed by atoms with Crippen LogP contribution in [0.25, 0.3) is 0 Å². The first kappa shape index (κ1) is 29.9. The number of halogens is 3.